The van der Waals surface area contributed by atoms with Gasteiger partial charge in [-0.1, -0.05) is 41.1 Å². The molecule has 0 unspecified atom stereocenters. The molecule has 1 heterocycles. The van der Waals surface area contributed by atoms with Crippen LogP contribution in [0.3, 0.4) is 0 Å². The number of carbonyl (C=O) groups excluding carboxylic acids is 1. The Morgan fingerprint density at radius 1 is 1.15 bits per heavy atom. The van der Waals surface area contributed by atoms with E-state index in [1.807, 2.05) is 31.1 Å². The number of carbonyl (C=O) groups is 1. The van der Waals surface area contributed by atoms with Crippen LogP contribution in [0.15, 0.2) is 42.5 Å². The second-order valence-corrected chi connectivity index (χ2v) is 7.24. The predicted molar refractivity (Wildman–Crippen MR) is 109 cm³/mol. The maximum atomic E-state index is 14.1. The molecule has 3 rings (SSSR count). The first-order valence-corrected chi connectivity index (χ1v) is 8.93. The van der Waals surface area contributed by atoms with Gasteiger partial charge in [-0.25, -0.2) is 9.37 Å². The van der Waals surface area contributed by atoms with Crippen molar-refractivity contribution in [1.82, 2.24) is 9.88 Å². The van der Waals surface area contributed by atoms with E-state index in [2.05, 4.69) is 4.98 Å². The van der Waals surface area contributed by atoms with E-state index in [9.17, 15) is 9.18 Å². The Hall–Kier alpha value is -1.73. The molecule has 0 atom stereocenters. The van der Waals surface area contributed by atoms with Crippen molar-refractivity contribution in [1.29, 1.82) is 0 Å². The van der Waals surface area contributed by atoms with Gasteiger partial charge in [0.25, 0.3) is 5.91 Å². The minimum Gasteiger partial charge on any atom is -0.308 e. The number of fused-ring (bicyclic) bond motifs is 1. The summed E-state index contributed by atoms with van der Waals surface area (Å²) < 4.78 is 15.0. The number of anilines is 1. The third kappa shape index (κ3) is 4.32. The first-order valence-electron chi connectivity index (χ1n) is 7.73. The smallest absolute Gasteiger partial charge is 0.263 e. The van der Waals surface area contributed by atoms with Gasteiger partial charge >= 0.3 is 0 Å². The van der Waals surface area contributed by atoms with Crippen LogP contribution in [-0.2, 0) is 0 Å². The molecular weight excluding hydrogens is 396 g/mol. The van der Waals surface area contributed by atoms with Crippen LogP contribution in [0.5, 0.6) is 0 Å². The summed E-state index contributed by atoms with van der Waals surface area (Å²) in [6.45, 7) is 1.03. The molecule has 0 spiro atoms. The summed E-state index contributed by atoms with van der Waals surface area (Å²) in [5.41, 5.74) is 0.687. The lowest BCUT2D eigenvalue weighted by Gasteiger charge is -2.22. The van der Waals surface area contributed by atoms with Crippen LogP contribution in [0.25, 0.3) is 10.2 Å². The number of likely N-dealkylation sites (N-methyl/N-ethyl adjacent to an activating group) is 1. The van der Waals surface area contributed by atoms with Crippen LogP contribution in [0.1, 0.15) is 10.4 Å². The third-order valence-corrected chi connectivity index (χ3v) is 5.06. The summed E-state index contributed by atoms with van der Waals surface area (Å²) >= 11 is 7.57. The fraction of sp³-hybridized carbons (Fsp3) is 0.222. The quantitative estimate of drug-likeness (QED) is 0.606. The van der Waals surface area contributed by atoms with Gasteiger partial charge in [0.1, 0.15) is 11.3 Å². The fourth-order valence-electron chi connectivity index (χ4n) is 2.38. The topological polar surface area (TPSA) is 36.4 Å². The van der Waals surface area contributed by atoms with E-state index in [0.717, 1.165) is 4.70 Å². The molecule has 0 radical (unpaired) electrons. The zero-order chi connectivity index (χ0) is 18.0. The molecule has 26 heavy (non-hydrogen) atoms. The van der Waals surface area contributed by atoms with Crippen molar-refractivity contribution >= 4 is 56.6 Å². The van der Waals surface area contributed by atoms with Gasteiger partial charge in [-0.2, -0.15) is 0 Å². The number of hydrogen-bond donors (Lipinski definition) is 0. The molecule has 0 bridgehead atoms. The number of rotatable bonds is 5. The van der Waals surface area contributed by atoms with Crippen molar-refractivity contribution in [2.45, 2.75) is 0 Å². The minimum absolute atomic E-state index is 0. The van der Waals surface area contributed by atoms with Crippen LogP contribution in [0.4, 0.5) is 9.52 Å². The lowest BCUT2D eigenvalue weighted by Crippen LogP contribution is -2.37. The summed E-state index contributed by atoms with van der Waals surface area (Å²) in [4.78, 5) is 20.9. The highest BCUT2D eigenvalue weighted by molar-refractivity contribution is 7.22. The molecular formula is C18H18Cl2FN3OS. The maximum absolute atomic E-state index is 14.1. The van der Waals surface area contributed by atoms with E-state index in [4.69, 9.17) is 11.6 Å². The molecule has 138 valence electrons. The number of halogens is 3. The number of benzene rings is 2. The second kappa shape index (κ2) is 8.77. The molecule has 8 heteroatoms. The van der Waals surface area contributed by atoms with Crippen LogP contribution in [0.2, 0.25) is 5.02 Å². The lowest BCUT2D eigenvalue weighted by atomic mass is 10.2. The van der Waals surface area contributed by atoms with Gasteiger partial charge in [-0.3, -0.25) is 9.69 Å². The molecule has 4 nitrogen and oxygen atoms in total. The summed E-state index contributed by atoms with van der Waals surface area (Å²) in [5, 5.41) is 1.05. The van der Waals surface area contributed by atoms with Crippen molar-refractivity contribution in [2.24, 2.45) is 0 Å². The van der Waals surface area contributed by atoms with E-state index < -0.39 is 11.7 Å². The second-order valence-electron chi connectivity index (χ2n) is 5.82. The van der Waals surface area contributed by atoms with Gasteiger partial charge in [0.2, 0.25) is 0 Å². The van der Waals surface area contributed by atoms with E-state index in [1.165, 1.54) is 28.4 Å². The zero-order valence-electron chi connectivity index (χ0n) is 14.3. The summed E-state index contributed by atoms with van der Waals surface area (Å²) in [7, 11) is 3.84. The normalized spacial score (nSPS) is 10.8. The SMILES string of the molecule is CN(C)CCN(C(=O)c1ccccc1F)c1nc2c(Cl)cccc2s1.Cl. The Bertz CT molecular complexity index is 916. The molecule has 0 aliphatic carbocycles. The van der Waals surface area contributed by atoms with Crippen molar-refractivity contribution in [2.75, 3.05) is 32.1 Å². The zero-order valence-corrected chi connectivity index (χ0v) is 16.7. The first-order chi connectivity index (χ1) is 12.0. The van der Waals surface area contributed by atoms with Crippen LogP contribution in [-0.4, -0.2) is 43.0 Å². The van der Waals surface area contributed by atoms with Crippen LogP contribution < -0.4 is 4.90 Å². The van der Waals surface area contributed by atoms with Gasteiger partial charge in [-0.05, 0) is 38.4 Å². The Labute approximate surface area is 166 Å². The first kappa shape index (κ1) is 20.6. The van der Waals surface area contributed by atoms with E-state index >= 15 is 0 Å². The molecule has 3 aromatic rings. The number of nitrogens with zero attached hydrogens (tertiary/aromatic N) is 3. The molecule has 0 saturated heterocycles. The molecule has 0 saturated carbocycles. The van der Waals surface area contributed by atoms with Crippen LogP contribution >= 0.6 is 35.3 Å². The van der Waals surface area contributed by atoms with Gasteiger partial charge in [0.15, 0.2) is 5.13 Å². The molecule has 0 N–H and O–H groups in total. The minimum atomic E-state index is -0.540. The fourth-order valence-corrected chi connectivity index (χ4v) is 3.67. The van der Waals surface area contributed by atoms with Crippen LogP contribution in [0, 0.1) is 5.82 Å². The highest BCUT2D eigenvalue weighted by Crippen LogP contribution is 2.33. The van der Waals surface area contributed by atoms with Gasteiger partial charge in [0, 0.05) is 13.1 Å². The Morgan fingerprint density at radius 3 is 2.54 bits per heavy atom. The molecule has 2 aromatic carbocycles. The highest BCUT2D eigenvalue weighted by atomic mass is 35.5. The van der Waals surface area contributed by atoms with E-state index in [0.29, 0.717) is 28.8 Å². The van der Waals surface area contributed by atoms with Crippen molar-refractivity contribution in [3.63, 3.8) is 0 Å². The van der Waals surface area contributed by atoms with Crippen molar-refractivity contribution in [3.05, 3.63) is 58.9 Å². The number of aromatic nitrogens is 1. The number of hydrogen-bond acceptors (Lipinski definition) is 4. The maximum Gasteiger partial charge on any atom is 0.263 e. The molecule has 1 amide bonds. The Morgan fingerprint density at radius 2 is 1.88 bits per heavy atom. The van der Waals surface area contributed by atoms with Gasteiger partial charge in [0.05, 0.1) is 15.3 Å². The largest absolute Gasteiger partial charge is 0.308 e. The Kier molecular flexibility index (Phi) is 6.94. The van der Waals surface area contributed by atoms with E-state index in [1.54, 1.807) is 18.2 Å². The van der Waals surface area contributed by atoms with Gasteiger partial charge < -0.3 is 4.90 Å². The van der Waals surface area contributed by atoms with Gasteiger partial charge in [-0.15, -0.1) is 12.4 Å². The highest BCUT2D eigenvalue weighted by Gasteiger charge is 2.24. The average Bonchev–Trinajstić information content (AvgIpc) is 3.00. The van der Waals surface area contributed by atoms with E-state index in [-0.39, 0.29) is 18.0 Å². The molecule has 0 aliphatic heterocycles. The number of amides is 1. The summed E-state index contributed by atoms with van der Waals surface area (Å²) in [5.74, 6) is -0.948. The van der Waals surface area contributed by atoms with Crippen molar-refractivity contribution in [3.8, 4) is 0 Å². The molecule has 1 aromatic heterocycles. The average molecular weight is 414 g/mol. The summed E-state index contributed by atoms with van der Waals surface area (Å²) in [6, 6.07) is 11.5. The Balaban J connectivity index is 0.00000243. The molecule has 0 fully saturated rings. The summed E-state index contributed by atoms with van der Waals surface area (Å²) in [6.07, 6.45) is 0. The number of thiazole rings is 1. The monoisotopic (exact) mass is 413 g/mol. The lowest BCUT2D eigenvalue weighted by molar-refractivity contribution is 0.0981. The standard InChI is InChI=1S/C18H17ClFN3OS.ClH/c1-22(2)10-11-23(17(24)12-6-3-4-8-14(12)20)18-21-16-13(19)7-5-9-15(16)25-18;/h3-9H,10-11H2,1-2H3;1H. The number of para-hydroxylation sites is 1. The third-order valence-electron chi connectivity index (χ3n) is 3.71. The predicted octanol–water partition coefficient (Wildman–Crippen LogP) is 4.72. The van der Waals surface area contributed by atoms with Crippen molar-refractivity contribution < 1.29 is 9.18 Å². The molecule has 0 aliphatic rings.